The minimum Gasteiger partial charge on any atom is -0.396 e. The highest BCUT2D eigenvalue weighted by Gasteiger charge is 2.31. The third-order valence-electron chi connectivity index (χ3n) is 2.71. The molecule has 4 N–H and O–H groups in total. The summed E-state index contributed by atoms with van der Waals surface area (Å²) < 4.78 is 37.8. The number of rotatable bonds is 5. The summed E-state index contributed by atoms with van der Waals surface area (Å²) in [6.45, 7) is 4.20. The molecule has 0 bridgehead atoms. The Balaban J connectivity index is 2.82. The van der Waals surface area contributed by atoms with Crippen molar-refractivity contribution in [1.29, 1.82) is 0 Å². The lowest BCUT2D eigenvalue weighted by atomic mass is 9.90. The molecule has 0 aromatic carbocycles. The molecular weight excluding hydrogens is 259 g/mol. The molecule has 0 aliphatic rings. The largest absolute Gasteiger partial charge is 0.416 e. The molecule has 1 heterocycles. The number of nitrogen functional groups attached to an aromatic ring is 1. The van der Waals surface area contributed by atoms with E-state index in [9.17, 15) is 13.2 Å². The van der Waals surface area contributed by atoms with Crippen LogP contribution in [0.1, 0.15) is 25.8 Å². The lowest BCUT2D eigenvalue weighted by Gasteiger charge is -2.24. The number of nitrogens with two attached hydrogens (primary N) is 1. The van der Waals surface area contributed by atoms with Gasteiger partial charge < -0.3 is 16.2 Å². The molecular formula is C12H18F3N3O. The Hall–Kier alpha value is -1.50. The van der Waals surface area contributed by atoms with Crippen LogP contribution in [0.3, 0.4) is 0 Å². The Bertz CT molecular complexity index is 433. The van der Waals surface area contributed by atoms with Crippen molar-refractivity contribution in [3.63, 3.8) is 0 Å². The number of aliphatic hydroxyl groups excluding tert-OH is 1. The zero-order valence-electron chi connectivity index (χ0n) is 10.9. The summed E-state index contributed by atoms with van der Waals surface area (Å²) >= 11 is 0. The van der Waals surface area contributed by atoms with E-state index in [0.29, 0.717) is 13.0 Å². The predicted octanol–water partition coefficient (Wildman–Crippen LogP) is 2.50. The Labute approximate surface area is 109 Å². The number of aliphatic hydroxyl groups is 1. The van der Waals surface area contributed by atoms with Gasteiger partial charge in [0.1, 0.15) is 11.6 Å². The van der Waals surface area contributed by atoms with E-state index in [0.717, 1.165) is 12.1 Å². The SMILES string of the molecule is CC(C)(CCO)CNc1cc(C(F)(F)F)cc(N)n1. The van der Waals surface area contributed by atoms with E-state index < -0.39 is 11.7 Å². The fraction of sp³-hybridized carbons (Fsp3) is 0.583. The average Bonchev–Trinajstić information content (AvgIpc) is 2.24. The van der Waals surface area contributed by atoms with Crippen LogP contribution in [0.5, 0.6) is 0 Å². The summed E-state index contributed by atoms with van der Waals surface area (Å²) in [5.41, 5.74) is 4.28. The van der Waals surface area contributed by atoms with Gasteiger partial charge in [0.05, 0.1) is 5.56 Å². The van der Waals surface area contributed by atoms with Crippen molar-refractivity contribution < 1.29 is 18.3 Å². The number of hydrogen-bond acceptors (Lipinski definition) is 4. The van der Waals surface area contributed by atoms with Crippen molar-refractivity contribution >= 4 is 11.6 Å². The summed E-state index contributed by atoms with van der Waals surface area (Å²) in [5.74, 6) is -0.101. The van der Waals surface area contributed by atoms with Gasteiger partial charge in [-0.2, -0.15) is 13.2 Å². The van der Waals surface area contributed by atoms with Crippen molar-refractivity contribution in [3.8, 4) is 0 Å². The van der Waals surface area contributed by atoms with Gasteiger partial charge in [-0.3, -0.25) is 0 Å². The molecule has 19 heavy (non-hydrogen) atoms. The second-order valence-corrected chi connectivity index (χ2v) is 5.16. The summed E-state index contributed by atoms with van der Waals surface area (Å²) in [4.78, 5) is 3.81. The van der Waals surface area contributed by atoms with Crippen LogP contribution in [-0.2, 0) is 6.18 Å². The zero-order valence-corrected chi connectivity index (χ0v) is 10.9. The average molecular weight is 277 g/mol. The van der Waals surface area contributed by atoms with Crippen LogP contribution in [0, 0.1) is 5.41 Å². The van der Waals surface area contributed by atoms with Gasteiger partial charge in [0, 0.05) is 13.2 Å². The fourth-order valence-electron chi connectivity index (χ4n) is 1.53. The van der Waals surface area contributed by atoms with Crippen LogP contribution in [0.2, 0.25) is 0 Å². The fourth-order valence-corrected chi connectivity index (χ4v) is 1.53. The molecule has 108 valence electrons. The predicted molar refractivity (Wildman–Crippen MR) is 67.6 cm³/mol. The van der Waals surface area contributed by atoms with Crippen molar-refractivity contribution in [2.45, 2.75) is 26.4 Å². The summed E-state index contributed by atoms with van der Waals surface area (Å²) in [6, 6.07) is 1.72. The van der Waals surface area contributed by atoms with E-state index in [1.54, 1.807) is 0 Å². The highest BCUT2D eigenvalue weighted by Crippen LogP contribution is 2.31. The first-order chi connectivity index (χ1) is 8.64. The maximum absolute atomic E-state index is 12.6. The minimum atomic E-state index is -4.45. The van der Waals surface area contributed by atoms with Crippen LogP contribution in [0.4, 0.5) is 24.8 Å². The molecule has 0 atom stereocenters. The van der Waals surface area contributed by atoms with E-state index in [-0.39, 0.29) is 23.7 Å². The Morgan fingerprint density at radius 1 is 1.32 bits per heavy atom. The quantitative estimate of drug-likeness (QED) is 0.773. The van der Waals surface area contributed by atoms with E-state index >= 15 is 0 Å². The molecule has 1 rings (SSSR count). The van der Waals surface area contributed by atoms with Gasteiger partial charge in [0.25, 0.3) is 0 Å². The molecule has 4 nitrogen and oxygen atoms in total. The van der Waals surface area contributed by atoms with Crippen molar-refractivity contribution in [2.24, 2.45) is 5.41 Å². The van der Waals surface area contributed by atoms with Crippen LogP contribution >= 0.6 is 0 Å². The third-order valence-corrected chi connectivity index (χ3v) is 2.71. The first-order valence-electron chi connectivity index (χ1n) is 5.83. The van der Waals surface area contributed by atoms with Gasteiger partial charge >= 0.3 is 6.18 Å². The second-order valence-electron chi connectivity index (χ2n) is 5.16. The van der Waals surface area contributed by atoms with E-state index in [1.807, 2.05) is 13.8 Å². The highest BCUT2D eigenvalue weighted by molar-refractivity contribution is 5.47. The maximum Gasteiger partial charge on any atom is 0.416 e. The van der Waals surface area contributed by atoms with Crippen LogP contribution in [-0.4, -0.2) is 23.2 Å². The molecule has 0 aliphatic carbocycles. The Kier molecular flexibility index (Phi) is 4.62. The van der Waals surface area contributed by atoms with E-state index in [1.165, 1.54) is 0 Å². The minimum absolute atomic E-state index is 0.0207. The van der Waals surface area contributed by atoms with E-state index in [2.05, 4.69) is 10.3 Å². The number of pyridine rings is 1. The summed E-state index contributed by atoms with van der Waals surface area (Å²) in [5, 5.41) is 11.7. The standard InChI is InChI=1S/C12H18F3N3O/c1-11(2,3-4-19)7-17-10-6-8(12(13,14)15)5-9(16)18-10/h5-6,19H,3-4,7H2,1-2H3,(H3,16,17,18). The summed E-state index contributed by atoms with van der Waals surface area (Å²) in [7, 11) is 0. The van der Waals surface area contributed by atoms with Crippen molar-refractivity contribution in [1.82, 2.24) is 4.98 Å². The molecule has 1 aromatic heterocycles. The van der Waals surface area contributed by atoms with Crippen molar-refractivity contribution in [3.05, 3.63) is 17.7 Å². The van der Waals surface area contributed by atoms with Gasteiger partial charge in [-0.25, -0.2) is 4.98 Å². The zero-order chi connectivity index (χ0) is 14.7. The number of aromatic nitrogens is 1. The lowest BCUT2D eigenvalue weighted by Crippen LogP contribution is -2.25. The maximum atomic E-state index is 12.6. The highest BCUT2D eigenvalue weighted by atomic mass is 19.4. The first kappa shape index (κ1) is 15.6. The van der Waals surface area contributed by atoms with Crippen molar-refractivity contribution in [2.75, 3.05) is 24.2 Å². The molecule has 7 heteroatoms. The monoisotopic (exact) mass is 277 g/mol. The topological polar surface area (TPSA) is 71.2 Å². The molecule has 0 unspecified atom stereocenters. The van der Waals surface area contributed by atoms with Crippen LogP contribution in [0.15, 0.2) is 12.1 Å². The number of hydrogen-bond donors (Lipinski definition) is 3. The van der Waals surface area contributed by atoms with Gasteiger partial charge in [-0.05, 0) is 24.0 Å². The van der Waals surface area contributed by atoms with Crippen LogP contribution in [0.25, 0.3) is 0 Å². The molecule has 0 amide bonds. The Morgan fingerprint density at radius 2 is 1.95 bits per heavy atom. The smallest absolute Gasteiger partial charge is 0.396 e. The van der Waals surface area contributed by atoms with Gasteiger partial charge in [-0.1, -0.05) is 13.8 Å². The third kappa shape index (κ3) is 4.94. The number of halogens is 3. The summed E-state index contributed by atoms with van der Waals surface area (Å²) in [6.07, 6.45) is -3.91. The number of nitrogens with one attached hydrogen (secondary N) is 1. The van der Waals surface area contributed by atoms with Gasteiger partial charge in [0.2, 0.25) is 0 Å². The molecule has 0 spiro atoms. The molecule has 0 saturated carbocycles. The first-order valence-corrected chi connectivity index (χ1v) is 5.83. The number of alkyl halides is 3. The second kappa shape index (κ2) is 5.64. The van der Waals surface area contributed by atoms with E-state index in [4.69, 9.17) is 10.8 Å². The van der Waals surface area contributed by atoms with Crippen LogP contribution < -0.4 is 11.1 Å². The Morgan fingerprint density at radius 3 is 2.47 bits per heavy atom. The lowest BCUT2D eigenvalue weighted by molar-refractivity contribution is -0.137. The molecule has 0 fully saturated rings. The molecule has 0 saturated heterocycles. The normalized spacial score (nSPS) is 12.5. The van der Waals surface area contributed by atoms with Gasteiger partial charge in [-0.15, -0.1) is 0 Å². The number of nitrogens with zero attached hydrogens (tertiary/aromatic N) is 1. The molecule has 1 aromatic rings. The molecule has 0 aliphatic heterocycles. The molecule has 0 radical (unpaired) electrons. The van der Waals surface area contributed by atoms with Gasteiger partial charge in [0.15, 0.2) is 0 Å². The number of anilines is 2.